The van der Waals surface area contributed by atoms with E-state index in [4.69, 9.17) is 11.6 Å². The smallest absolute Gasteiger partial charge is 0.0420 e. The highest BCUT2D eigenvalue weighted by molar-refractivity contribution is 9.10. The van der Waals surface area contributed by atoms with Crippen LogP contribution >= 0.6 is 27.5 Å². The van der Waals surface area contributed by atoms with E-state index in [0.717, 1.165) is 9.50 Å². The van der Waals surface area contributed by atoms with Gasteiger partial charge in [-0.05, 0) is 36.6 Å². The van der Waals surface area contributed by atoms with Crippen LogP contribution in [0.25, 0.3) is 0 Å². The molecule has 1 radical (unpaired) electrons. The predicted molar refractivity (Wildman–Crippen MR) is 55.3 cm³/mol. The summed E-state index contributed by atoms with van der Waals surface area (Å²) < 4.78 is 1.07. The number of hydrogen-bond acceptors (Lipinski definition) is 0. The Kier molecular flexibility index (Phi) is 2.42. The van der Waals surface area contributed by atoms with Gasteiger partial charge in [0.15, 0.2) is 0 Å². The van der Waals surface area contributed by atoms with E-state index in [1.807, 2.05) is 12.1 Å². The SMILES string of the molecule is Clc1cc(Br)cc([C]2CCC2)c1. The lowest BCUT2D eigenvalue weighted by Gasteiger charge is -2.25. The van der Waals surface area contributed by atoms with Gasteiger partial charge < -0.3 is 0 Å². The molecule has 0 amide bonds. The third-order valence-corrected chi connectivity index (χ3v) is 2.90. The van der Waals surface area contributed by atoms with Gasteiger partial charge in [0.25, 0.3) is 0 Å². The molecular formula is C10H9BrCl. The largest absolute Gasteiger partial charge is 0.0843 e. The summed E-state index contributed by atoms with van der Waals surface area (Å²) in [5, 5.41) is 0.818. The van der Waals surface area contributed by atoms with Crippen molar-refractivity contribution < 1.29 is 0 Å². The van der Waals surface area contributed by atoms with Crippen molar-refractivity contribution in [2.45, 2.75) is 19.3 Å². The first-order chi connectivity index (χ1) is 5.75. The van der Waals surface area contributed by atoms with Gasteiger partial charge in [0.1, 0.15) is 0 Å². The lowest BCUT2D eigenvalue weighted by atomic mass is 9.80. The maximum absolute atomic E-state index is 5.93. The van der Waals surface area contributed by atoms with E-state index >= 15 is 0 Å². The van der Waals surface area contributed by atoms with Gasteiger partial charge in [-0.2, -0.15) is 0 Å². The first kappa shape index (κ1) is 8.58. The number of hydrogen-bond donors (Lipinski definition) is 0. The molecule has 0 nitrogen and oxygen atoms in total. The molecule has 0 saturated heterocycles. The molecule has 1 saturated carbocycles. The molecule has 0 spiro atoms. The zero-order chi connectivity index (χ0) is 8.55. The summed E-state index contributed by atoms with van der Waals surface area (Å²) in [6.45, 7) is 0. The molecule has 1 aliphatic carbocycles. The molecule has 0 bridgehead atoms. The quantitative estimate of drug-likeness (QED) is 0.694. The molecule has 1 aliphatic rings. The highest BCUT2D eigenvalue weighted by Crippen LogP contribution is 2.37. The minimum Gasteiger partial charge on any atom is -0.0843 e. The zero-order valence-electron chi connectivity index (χ0n) is 6.61. The molecule has 0 aliphatic heterocycles. The summed E-state index contributed by atoms with van der Waals surface area (Å²) in [5.41, 5.74) is 1.31. The Morgan fingerprint density at radius 2 is 1.92 bits per heavy atom. The summed E-state index contributed by atoms with van der Waals surface area (Å²) in [7, 11) is 0. The van der Waals surface area contributed by atoms with Gasteiger partial charge in [-0.1, -0.05) is 34.0 Å². The standard InChI is InChI=1S/C10H9BrCl/c11-9-4-8(5-10(12)6-9)7-2-1-3-7/h4-6H,1-3H2. The van der Waals surface area contributed by atoms with Crippen LogP contribution in [0.3, 0.4) is 0 Å². The molecule has 1 fully saturated rings. The lowest BCUT2D eigenvalue weighted by molar-refractivity contribution is 0.577. The Bertz CT molecular complexity index is 272. The van der Waals surface area contributed by atoms with Crippen molar-refractivity contribution in [2.75, 3.05) is 0 Å². The third-order valence-electron chi connectivity index (χ3n) is 2.23. The van der Waals surface area contributed by atoms with Crippen molar-refractivity contribution in [3.05, 3.63) is 39.2 Å². The number of benzene rings is 1. The molecule has 0 N–H and O–H groups in total. The fourth-order valence-corrected chi connectivity index (χ4v) is 2.26. The van der Waals surface area contributed by atoms with Crippen LogP contribution in [-0.4, -0.2) is 0 Å². The van der Waals surface area contributed by atoms with E-state index in [-0.39, 0.29) is 0 Å². The van der Waals surface area contributed by atoms with Gasteiger partial charge in [0, 0.05) is 15.4 Å². The normalized spacial score (nSPS) is 17.5. The lowest BCUT2D eigenvalue weighted by Crippen LogP contribution is -2.09. The Morgan fingerprint density at radius 3 is 2.42 bits per heavy atom. The van der Waals surface area contributed by atoms with Gasteiger partial charge in [-0.3, -0.25) is 0 Å². The summed E-state index contributed by atoms with van der Waals surface area (Å²) in [5.74, 6) is 1.54. The van der Waals surface area contributed by atoms with Crippen molar-refractivity contribution in [3.8, 4) is 0 Å². The second-order valence-corrected chi connectivity index (χ2v) is 4.47. The Balaban J connectivity index is 2.30. The summed E-state index contributed by atoms with van der Waals surface area (Å²) in [6.07, 6.45) is 3.82. The molecule has 63 valence electrons. The zero-order valence-corrected chi connectivity index (χ0v) is 8.95. The predicted octanol–water partition coefficient (Wildman–Crippen LogP) is 4.21. The van der Waals surface area contributed by atoms with E-state index in [9.17, 15) is 0 Å². The van der Waals surface area contributed by atoms with Crippen molar-refractivity contribution in [3.63, 3.8) is 0 Å². The van der Waals surface area contributed by atoms with Gasteiger partial charge in [0.2, 0.25) is 0 Å². The fraction of sp³-hybridized carbons (Fsp3) is 0.300. The average molecular weight is 245 g/mol. The maximum Gasteiger partial charge on any atom is 0.0420 e. The fourth-order valence-electron chi connectivity index (χ4n) is 1.40. The summed E-state index contributed by atoms with van der Waals surface area (Å²) >= 11 is 9.37. The second kappa shape index (κ2) is 3.39. The summed E-state index contributed by atoms with van der Waals surface area (Å²) in [4.78, 5) is 0. The van der Waals surface area contributed by atoms with Crippen molar-refractivity contribution in [2.24, 2.45) is 0 Å². The monoisotopic (exact) mass is 243 g/mol. The van der Waals surface area contributed by atoms with E-state index in [1.54, 1.807) is 5.92 Å². The molecule has 2 rings (SSSR count). The third kappa shape index (κ3) is 1.67. The van der Waals surface area contributed by atoms with E-state index in [2.05, 4.69) is 22.0 Å². The van der Waals surface area contributed by atoms with Crippen molar-refractivity contribution in [1.82, 2.24) is 0 Å². The van der Waals surface area contributed by atoms with Crippen LogP contribution in [0.4, 0.5) is 0 Å². The summed E-state index contributed by atoms with van der Waals surface area (Å²) in [6, 6.07) is 6.10. The first-order valence-electron chi connectivity index (χ1n) is 4.07. The Hall–Kier alpha value is -0.0100. The van der Waals surface area contributed by atoms with Crippen molar-refractivity contribution in [1.29, 1.82) is 0 Å². The number of halogens is 2. The molecular weight excluding hydrogens is 235 g/mol. The van der Waals surface area contributed by atoms with E-state index < -0.39 is 0 Å². The van der Waals surface area contributed by atoms with Crippen LogP contribution < -0.4 is 0 Å². The first-order valence-corrected chi connectivity index (χ1v) is 5.24. The van der Waals surface area contributed by atoms with Crippen LogP contribution in [0.15, 0.2) is 22.7 Å². The molecule has 1 aromatic carbocycles. The topological polar surface area (TPSA) is 0 Å². The van der Waals surface area contributed by atoms with Gasteiger partial charge in [0.05, 0.1) is 0 Å². The van der Waals surface area contributed by atoms with Crippen LogP contribution in [0.5, 0.6) is 0 Å². The molecule has 12 heavy (non-hydrogen) atoms. The van der Waals surface area contributed by atoms with Crippen LogP contribution in [0, 0.1) is 5.92 Å². The molecule has 0 aromatic heterocycles. The molecule has 0 heterocycles. The van der Waals surface area contributed by atoms with E-state index in [1.165, 1.54) is 24.8 Å². The minimum atomic E-state index is 0.818. The Labute approximate surface area is 86.1 Å². The van der Waals surface area contributed by atoms with Gasteiger partial charge >= 0.3 is 0 Å². The molecule has 1 aromatic rings. The van der Waals surface area contributed by atoms with Crippen LogP contribution in [0.1, 0.15) is 24.8 Å². The Morgan fingerprint density at radius 1 is 1.17 bits per heavy atom. The second-order valence-electron chi connectivity index (χ2n) is 3.12. The molecule has 0 unspecified atom stereocenters. The minimum absolute atomic E-state index is 0.818. The molecule has 2 heteroatoms. The highest BCUT2D eigenvalue weighted by Gasteiger charge is 2.20. The number of rotatable bonds is 1. The van der Waals surface area contributed by atoms with Crippen molar-refractivity contribution >= 4 is 27.5 Å². The highest BCUT2D eigenvalue weighted by atomic mass is 79.9. The maximum atomic E-state index is 5.93. The van der Waals surface area contributed by atoms with Crippen LogP contribution in [-0.2, 0) is 0 Å². The van der Waals surface area contributed by atoms with Gasteiger partial charge in [-0.25, -0.2) is 0 Å². The molecule has 0 atom stereocenters. The van der Waals surface area contributed by atoms with Gasteiger partial charge in [-0.15, -0.1) is 0 Å². The van der Waals surface area contributed by atoms with E-state index in [0.29, 0.717) is 0 Å². The van der Waals surface area contributed by atoms with Crippen LogP contribution in [0.2, 0.25) is 5.02 Å². The average Bonchev–Trinajstić information content (AvgIpc) is 1.79.